The van der Waals surface area contributed by atoms with Crippen LogP contribution >= 0.6 is 15.9 Å². The second kappa shape index (κ2) is 11.3. The number of rotatable bonds is 5. The number of nitro benzene ring substituents is 1. The monoisotopic (exact) mass is 479 g/mol. The Kier molecular flexibility index (Phi) is 8.75. The molecular formula is C20H22BrN3O6. The summed E-state index contributed by atoms with van der Waals surface area (Å²) in [7, 11) is 0. The number of nitrogens with zero attached hydrogens (tertiary/aromatic N) is 2. The fourth-order valence-electron chi connectivity index (χ4n) is 3.00. The molecule has 1 saturated heterocycles. The van der Waals surface area contributed by atoms with Gasteiger partial charge >= 0.3 is 11.9 Å². The summed E-state index contributed by atoms with van der Waals surface area (Å²) < 4.78 is 1.09. The molecule has 0 unspecified atom stereocenters. The normalized spacial score (nSPS) is 14.3. The molecule has 0 aromatic heterocycles. The van der Waals surface area contributed by atoms with Gasteiger partial charge in [0.05, 0.1) is 4.92 Å². The lowest BCUT2D eigenvalue weighted by atomic mass is 10.0. The van der Waals surface area contributed by atoms with E-state index < -0.39 is 11.9 Å². The van der Waals surface area contributed by atoms with Crippen LogP contribution in [0, 0.1) is 10.1 Å². The van der Waals surface area contributed by atoms with Crippen LogP contribution in [0.15, 0.2) is 53.0 Å². The van der Waals surface area contributed by atoms with Crippen molar-refractivity contribution in [1.29, 1.82) is 0 Å². The van der Waals surface area contributed by atoms with Gasteiger partial charge in [-0.1, -0.05) is 28.1 Å². The minimum absolute atomic E-state index is 0.149. The van der Waals surface area contributed by atoms with Crippen molar-refractivity contribution in [2.45, 2.75) is 25.4 Å². The molecule has 0 bridgehead atoms. The maximum Gasteiger partial charge on any atom is 0.414 e. The third-order valence-corrected chi connectivity index (χ3v) is 5.07. The molecule has 0 amide bonds. The van der Waals surface area contributed by atoms with Gasteiger partial charge < -0.3 is 15.5 Å². The molecule has 160 valence electrons. The molecule has 30 heavy (non-hydrogen) atoms. The number of benzene rings is 2. The molecule has 9 nitrogen and oxygen atoms in total. The number of anilines is 1. The van der Waals surface area contributed by atoms with Crippen molar-refractivity contribution in [3.63, 3.8) is 0 Å². The molecular weight excluding hydrogens is 458 g/mol. The Morgan fingerprint density at radius 3 is 2.03 bits per heavy atom. The Labute approximate surface area is 181 Å². The van der Waals surface area contributed by atoms with Crippen LogP contribution in [-0.2, 0) is 16.1 Å². The molecule has 1 heterocycles. The van der Waals surface area contributed by atoms with Gasteiger partial charge in [-0.15, -0.1) is 0 Å². The molecule has 0 radical (unpaired) electrons. The first-order valence-electron chi connectivity index (χ1n) is 9.18. The van der Waals surface area contributed by atoms with Gasteiger partial charge in [0, 0.05) is 48.0 Å². The van der Waals surface area contributed by atoms with E-state index in [0.29, 0.717) is 6.04 Å². The zero-order chi connectivity index (χ0) is 22.1. The summed E-state index contributed by atoms with van der Waals surface area (Å²) in [5.74, 6) is -3.65. The maximum absolute atomic E-state index is 10.7. The van der Waals surface area contributed by atoms with Crippen LogP contribution in [0.4, 0.5) is 11.4 Å². The van der Waals surface area contributed by atoms with Crippen molar-refractivity contribution in [2.24, 2.45) is 0 Å². The highest BCUT2D eigenvalue weighted by Gasteiger charge is 2.19. The van der Waals surface area contributed by atoms with Crippen LogP contribution in [0.5, 0.6) is 0 Å². The molecule has 0 aliphatic carbocycles. The first-order chi connectivity index (χ1) is 14.2. The summed E-state index contributed by atoms with van der Waals surface area (Å²) >= 11 is 3.45. The summed E-state index contributed by atoms with van der Waals surface area (Å²) in [6, 6.07) is 15.6. The van der Waals surface area contributed by atoms with Crippen LogP contribution in [0.3, 0.4) is 0 Å². The van der Waals surface area contributed by atoms with Crippen molar-refractivity contribution < 1.29 is 24.7 Å². The van der Waals surface area contributed by atoms with Gasteiger partial charge in [0.1, 0.15) is 0 Å². The molecule has 3 rings (SSSR count). The van der Waals surface area contributed by atoms with Crippen LogP contribution in [0.2, 0.25) is 0 Å². The second-order valence-corrected chi connectivity index (χ2v) is 7.65. The molecule has 2 aromatic carbocycles. The van der Waals surface area contributed by atoms with E-state index in [0.717, 1.165) is 48.2 Å². The van der Waals surface area contributed by atoms with E-state index in [1.54, 1.807) is 12.1 Å². The number of halogens is 1. The lowest BCUT2D eigenvalue weighted by molar-refractivity contribution is -0.384. The van der Waals surface area contributed by atoms with Crippen molar-refractivity contribution in [1.82, 2.24) is 4.90 Å². The zero-order valence-corrected chi connectivity index (χ0v) is 17.6. The third kappa shape index (κ3) is 7.80. The largest absolute Gasteiger partial charge is 0.473 e. The molecule has 1 aliphatic rings. The summed E-state index contributed by atoms with van der Waals surface area (Å²) in [6.07, 6.45) is 2.20. The number of carbonyl (C=O) groups is 2. The van der Waals surface area contributed by atoms with Gasteiger partial charge in [0.2, 0.25) is 0 Å². The standard InChI is InChI=1S/C18H20BrN3O2.C2H2O4/c19-15-3-5-16(6-4-15)20-17-9-11-21(12-10-17)13-14-1-7-18(8-2-14)22(23)24;3-1(4)2(5)6/h1-8,17,20H,9-13H2;(H,3,4)(H,5,6). The summed E-state index contributed by atoms with van der Waals surface area (Å²) in [6.45, 7) is 2.92. The highest BCUT2D eigenvalue weighted by atomic mass is 79.9. The fourth-order valence-corrected chi connectivity index (χ4v) is 3.26. The lowest BCUT2D eigenvalue weighted by Crippen LogP contribution is -2.38. The molecule has 2 aromatic rings. The Morgan fingerprint density at radius 2 is 1.57 bits per heavy atom. The molecule has 0 atom stereocenters. The van der Waals surface area contributed by atoms with E-state index in [9.17, 15) is 10.1 Å². The number of carboxylic acids is 2. The summed E-state index contributed by atoms with van der Waals surface area (Å²) in [5, 5.41) is 29.1. The lowest BCUT2D eigenvalue weighted by Gasteiger charge is -2.32. The van der Waals surface area contributed by atoms with E-state index in [-0.39, 0.29) is 10.6 Å². The van der Waals surface area contributed by atoms with Crippen LogP contribution in [0.1, 0.15) is 18.4 Å². The van der Waals surface area contributed by atoms with Gasteiger partial charge in [-0.2, -0.15) is 0 Å². The first-order valence-corrected chi connectivity index (χ1v) is 9.98. The average Bonchev–Trinajstić information content (AvgIpc) is 2.72. The molecule has 10 heteroatoms. The average molecular weight is 480 g/mol. The number of hydrogen-bond acceptors (Lipinski definition) is 6. The number of carboxylic acid groups (broad SMARTS) is 2. The van der Waals surface area contributed by atoms with Gasteiger partial charge in [0.15, 0.2) is 0 Å². The quantitative estimate of drug-likeness (QED) is 0.336. The van der Waals surface area contributed by atoms with Crippen molar-refractivity contribution >= 4 is 39.2 Å². The predicted molar refractivity (Wildman–Crippen MR) is 114 cm³/mol. The first kappa shape index (κ1) is 23.3. The Balaban J connectivity index is 0.000000469. The van der Waals surface area contributed by atoms with E-state index in [1.807, 2.05) is 24.3 Å². The van der Waals surface area contributed by atoms with E-state index in [1.165, 1.54) is 0 Å². The SMILES string of the molecule is O=C(O)C(=O)O.O=[N+]([O-])c1ccc(CN2CCC(Nc3ccc(Br)cc3)CC2)cc1. The number of hydrogen-bond donors (Lipinski definition) is 3. The number of nitro groups is 1. The van der Waals surface area contributed by atoms with Gasteiger partial charge in [-0.3, -0.25) is 15.0 Å². The Hall–Kier alpha value is -2.98. The van der Waals surface area contributed by atoms with E-state index >= 15 is 0 Å². The van der Waals surface area contributed by atoms with Crippen LogP contribution in [0.25, 0.3) is 0 Å². The van der Waals surface area contributed by atoms with Crippen molar-refractivity contribution in [3.8, 4) is 0 Å². The number of likely N-dealkylation sites (tertiary alicyclic amines) is 1. The highest BCUT2D eigenvalue weighted by Crippen LogP contribution is 2.20. The molecule has 3 N–H and O–H groups in total. The second-order valence-electron chi connectivity index (χ2n) is 6.74. The van der Waals surface area contributed by atoms with Crippen molar-refractivity contribution in [2.75, 3.05) is 18.4 Å². The number of piperidine rings is 1. The minimum Gasteiger partial charge on any atom is -0.473 e. The molecule has 1 fully saturated rings. The molecule has 0 spiro atoms. The number of non-ortho nitro benzene ring substituents is 1. The summed E-state index contributed by atoms with van der Waals surface area (Å²) in [5.41, 5.74) is 2.43. The molecule has 0 saturated carbocycles. The highest BCUT2D eigenvalue weighted by molar-refractivity contribution is 9.10. The smallest absolute Gasteiger partial charge is 0.414 e. The van der Waals surface area contributed by atoms with Gasteiger partial charge in [-0.25, -0.2) is 9.59 Å². The molecule has 1 aliphatic heterocycles. The van der Waals surface area contributed by atoms with Gasteiger partial charge in [0.25, 0.3) is 5.69 Å². The number of nitrogens with one attached hydrogen (secondary N) is 1. The van der Waals surface area contributed by atoms with Crippen LogP contribution < -0.4 is 5.32 Å². The van der Waals surface area contributed by atoms with E-state index in [4.69, 9.17) is 19.8 Å². The summed E-state index contributed by atoms with van der Waals surface area (Å²) in [4.78, 5) is 30.9. The maximum atomic E-state index is 10.7. The minimum atomic E-state index is -1.82. The predicted octanol–water partition coefficient (Wildman–Crippen LogP) is 3.59. The van der Waals surface area contributed by atoms with E-state index in [2.05, 4.69) is 38.3 Å². The topological polar surface area (TPSA) is 133 Å². The number of aliphatic carboxylic acids is 2. The van der Waals surface area contributed by atoms with Gasteiger partial charge in [-0.05, 0) is 42.7 Å². The Bertz CT molecular complexity index is 853. The van der Waals surface area contributed by atoms with Crippen LogP contribution in [-0.4, -0.2) is 51.1 Å². The zero-order valence-electron chi connectivity index (χ0n) is 16.0. The van der Waals surface area contributed by atoms with Crippen molar-refractivity contribution in [3.05, 3.63) is 68.7 Å². The third-order valence-electron chi connectivity index (χ3n) is 4.54. The Morgan fingerprint density at radius 1 is 1.03 bits per heavy atom. The fraction of sp³-hybridized carbons (Fsp3) is 0.300.